The van der Waals surface area contributed by atoms with Gasteiger partial charge in [0.05, 0.1) is 11.6 Å². The van der Waals surface area contributed by atoms with Gasteiger partial charge in [-0.1, -0.05) is 53.5 Å². The Hall–Kier alpha value is -3.56. The van der Waals surface area contributed by atoms with Gasteiger partial charge in [-0.25, -0.2) is 4.79 Å². The zero-order chi connectivity index (χ0) is 25.1. The number of fused-ring (bicyclic) bond motifs is 1. The van der Waals surface area contributed by atoms with Crippen LogP contribution in [0.15, 0.2) is 71.1 Å². The normalized spacial score (nSPS) is 12.8. The number of furan rings is 1. The molecule has 35 heavy (non-hydrogen) atoms. The Morgan fingerprint density at radius 1 is 1.06 bits per heavy atom. The van der Waals surface area contributed by atoms with Crippen LogP contribution in [0.1, 0.15) is 27.8 Å². The largest absolute Gasteiger partial charge is 0.483 e. The number of halogens is 2. The molecule has 2 amide bonds. The molecule has 180 valence electrons. The first-order valence-corrected chi connectivity index (χ1v) is 11.2. The van der Waals surface area contributed by atoms with Crippen LogP contribution in [0.25, 0.3) is 11.0 Å². The minimum Gasteiger partial charge on any atom is -0.483 e. The number of carbonyl (C=O) groups is 2. The SMILES string of the molecule is NC(=O)Nc1c(C(=O)c2ccc(Cl)cc2Cl)oc2cc(OC(c3ccccc3)[C@H](O)CO)ccc12. The lowest BCUT2D eigenvalue weighted by Gasteiger charge is -2.23. The van der Waals surface area contributed by atoms with Gasteiger partial charge in [0.2, 0.25) is 5.78 Å². The number of benzene rings is 3. The quantitative estimate of drug-likeness (QED) is 0.246. The van der Waals surface area contributed by atoms with Gasteiger partial charge in [-0.3, -0.25) is 4.79 Å². The van der Waals surface area contributed by atoms with E-state index in [0.29, 0.717) is 21.7 Å². The monoisotopic (exact) mass is 514 g/mol. The molecule has 0 fully saturated rings. The first-order chi connectivity index (χ1) is 16.8. The summed E-state index contributed by atoms with van der Waals surface area (Å²) in [5, 5.41) is 23.1. The summed E-state index contributed by atoms with van der Waals surface area (Å²) < 4.78 is 11.8. The van der Waals surface area contributed by atoms with Crippen molar-refractivity contribution in [1.29, 1.82) is 0 Å². The summed E-state index contributed by atoms with van der Waals surface area (Å²) in [6.07, 6.45) is -2.06. The molecular weight excluding hydrogens is 495 g/mol. The van der Waals surface area contributed by atoms with Crippen molar-refractivity contribution in [2.75, 3.05) is 11.9 Å². The van der Waals surface area contributed by atoms with Crippen molar-refractivity contribution >= 4 is 51.7 Å². The number of primary amides is 1. The first-order valence-electron chi connectivity index (χ1n) is 10.4. The molecule has 2 atom stereocenters. The molecule has 0 saturated heterocycles. The van der Waals surface area contributed by atoms with Crippen LogP contribution >= 0.6 is 23.2 Å². The number of ketones is 1. The highest BCUT2D eigenvalue weighted by Crippen LogP contribution is 2.37. The number of nitrogens with two attached hydrogens (primary N) is 1. The standard InChI is InChI=1S/C25H20Cl2N2O6/c26-14-6-8-16(18(27)10-14)22(32)24-21(29-25(28)33)17-9-7-15(11-20(17)35-24)34-23(19(31)12-30)13-4-2-1-3-5-13/h1-11,19,23,30-31H,12H2,(H3,28,29,33)/t19-,23?/m1/s1. The Kier molecular flexibility index (Phi) is 7.28. The summed E-state index contributed by atoms with van der Waals surface area (Å²) in [6, 6.07) is 17.0. The van der Waals surface area contributed by atoms with Crippen LogP contribution in [0.2, 0.25) is 10.0 Å². The average Bonchev–Trinajstić information content (AvgIpc) is 3.19. The second kappa shape index (κ2) is 10.4. The summed E-state index contributed by atoms with van der Waals surface area (Å²) in [5.74, 6) is -0.483. The highest BCUT2D eigenvalue weighted by Gasteiger charge is 2.26. The number of aliphatic hydroxyl groups excluding tert-OH is 2. The van der Waals surface area contributed by atoms with Crippen molar-refractivity contribution < 1.29 is 29.0 Å². The lowest BCUT2D eigenvalue weighted by Crippen LogP contribution is -2.27. The molecule has 0 spiro atoms. The number of nitrogens with one attached hydrogen (secondary N) is 1. The minimum atomic E-state index is -1.19. The molecule has 0 bridgehead atoms. The summed E-state index contributed by atoms with van der Waals surface area (Å²) in [7, 11) is 0. The van der Waals surface area contributed by atoms with E-state index < -0.39 is 30.6 Å². The van der Waals surface area contributed by atoms with Gasteiger partial charge in [-0.2, -0.15) is 0 Å². The van der Waals surface area contributed by atoms with E-state index in [4.69, 9.17) is 38.1 Å². The Balaban J connectivity index is 1.76. The van der Waals surface area contributed by atoms with Crippen LogP contribution in [0, 0.1) is 0 Å². The van der Waals surface area contributed by atoms with E-state index in [1.165, 1.54) is 24.3 Å². The van der Waals surface area contributed by atoms with Crippen molar-refractivity contribution in [3.63, 3.8) is 0 Å². The van der Waals surface area contributed by atoms with E-state index in [1.807, 2.05) is 6.07 Å². The van der Waals surface area contributed by atoms with Crippen molar-refractivity contribution in [3.05, 3.63) is 93.7 Å². The number of hydrogen-bond acceptors (Lipinski definition) is 6. The van der Waals surface area contributed by atoms with Gasteiger partial charge in [-0.05, 0) is 35.9 Å². The molecule has 1 unspecified atom stereocenters. The van der Waals surface area contributed by atoms with Crippen molar-refractivity contribution in [2.45, 2.75) is 12.2 Å². The molecule has 1 heterocycles. The molecule has 0 aliphatic carbocycles. The van der Waals surface area contributed by atoms with Crippen LogP contribution in [0.5, 0.6) is 5.75 Å². The molecule has 10 heteroatoms. The predicted octanol–water partition coefficient (Wildman–Crippen LogP) is 4.93. The molecule has 0 aliphatic heterocycles. The lowest BCUT2D eigenvalue weighted by atomic mass is 10.0. The summed E-state index contributed by atoms with van der Waals surface area (Å²) >= 11 is 12.1. The zero-order valence-electron chi connectivity index (χ0n) is 18.1. The van der Waals surface area contributed by atoms with Crippen molar-refractivity contribution in [2.24, 2.45) is 5.73 Å². The van der Waals surface area contributed by atoms with Crippen molar-refractivity contribution in [3.8, 4) is 5.75 Å². The molecule has 0 saturated carbocycles. The first kappa shape index (κ1) is 24.6. The van der Waals surface area contributed by atoms with E-state index in [0.717, 1.165) is 0 Å². The maximum Gasteiger partial charge on any atom is 0.316 e. The number of rotatable bonds is 8. The van der Waals surface area contributed by atoms with Gasteiger partial charge >= 0.3 is 6.03 Å². The Morgan fingerprint density at radius 2 is 1.80 bits per heavy atom. The highest BCUT2D eigenvalue weighted by molar-refractivity contribution is 6.37. The smallest absolute Gasteiger partial charge is 0.316 e. The Labute approximate surface area is 209 Å². The van der Waals surface area contributed by atoms with Crippen LogP contribution in [0.3, 0.4) is 0 Å². The number of carbonyl (C=O) groups excluding carboxylic acids is 2. The maximum atomic E-state index is 13.2. The van der Waals surface area contributed by atoms with Gasteiger partial charge in [0, 0.05) is 22.0 Å². The Bertz CT molecular complexity index is 1390. The molecule has 5 N–H and O–H groups in total. The number of anilines is 1. The molecule has 4 rings (SSSR count). The van der Waals surface area contributed by atoms with Crippen LogP contribution in [-0.4, -0.2) is 34.7 Å². The topological polar surface area (TPSA) is 135 Å². The fourth-order valence-electron chi connectivity index (χ4n) is 3.61. The Morgan fingerprint density at radius 3 is 2.46 bits per heavy atom. The number of ether oxygens (including phenoxy) is 1. The fourth-order valence-corrected chi connectivity index (χ4v) is 4.10. The van der Waals surface area contributed by atoms with Crippen molar-refractivity contribution in [1.82, 2.24) is 0 Å². The van der Waals surface area contributed by atoms with Crippen LogP contribution in [0.4, 0.5) is 10.5 Å². The van der Waals surface area contributed by atoms with E-state index in [-0.39, 0.29) is 27.6 Å². The molecule has 8 nitrogen and oxygen atoms in total. The van der Waals surface area contributed by atoms with E-state index in [1.54, 1.807) is 36.4 Å². The predicted molar refractivity (Wildman–Crippen MR) is 132 cm³/mol. The third-order valence-corrected chi connectivity index (χ3v) is 5.77. The molecule has 3 aromatic carbocycles. The highest BCUT2D eigenvalue weighted by atomic mass is 35.5. The average molecular weight is 515 g/mol. The summed E-state index contributed by atoms with van der Waals surface area (Å²) in [5.41, 5.74) is 6.38. The molecule has 0 radical (unpaired) electrons. The molecule has 4 aromatic rings. The zero-order valence-corrected chi connectivity index (χ0v) is 19.6. The number of hydrogen-bond donors (Lipinski definition) is 4. The van der Waals surface area contributed by atoms with Crippen LogP contribution in [-0.2, 0) is 0 Å². The third-order valence-electron chi connectivity index (χ3n) is 5.22. The van der Waals surface area contributed by atoms with Gasteiger partial charge in [-0.15, -0.1) is 0 Å². The number of amides is 2. The second-order valence-corrected chi connectivity index (χ2v) is 8.45. The molecular formula is C25H20Cl2N2O6. The number of urea groups is 1. The summed E-state index contributed by atoms with van der Waals surface area (Å²) in [4.78, 5) is 24.9. The van der Waals surface area contributed by atoms with Gasteiger partial charge in [0.25, 0.3) is 0 Å². The number of aliphatic hydroxyl groups is 2. The van der Waals surface area contributed by atoms with Gasteiger partial charge in [0.15, 0.2) is 11.9 Å². The third kappa shape index (κ3) is 5.26. The molecule has 1 aromatic heterocycles. The summed E-state index contributed by atoms with van der Waals surface area (Å²) in [6.45, 7) is -0.518. The lowest BCUT2D eigenvalue weighted by molar-refractivity contribution is -0.00186. The minimum absolute atomic E-state index is 0.0741. The van der Waals surface area contributed by atoms with E-state index in [2.05, 4.69) is 5.32 Å². The maximum absolute atomic E-state index is 13.2. The van der Waals surface area contributed by atoms with Gasteiger partial charge < -0.3 is 30.4 Å². The fraction of sp³-hybridized carbons (Fsp3) is 0.120. The van der Waals surface area contributed by atoms with Crippen LogP contribution < -0.4 is 15.8 Å². The van der Waals surface area contributed by atoms with Gasteiger partial charge in [0.1, 0.15) is 23.1 Å². The second-order valence-electron chi connectivity index (χ2n) is 7.61. The van der Waals surface area contributed by atoms with E-state index >= 15 is 0 Å². The molecule has 0 aliphatic rings. The van der Waals surface area contributed by atoms with E-state index in [9.17, 15) is 19.8 Å².